The van der Waals surface area contributed by atoms with Crippen molar-refractivity contribution < 1.29 is 18.9 Å². The topological polar surface area (TPSA) is 49.0 Å². The van der Waals surface area contributed by atoms with E-state index in [-0.39, 0.29) is 12.4 Å². The van der Waals surface area contributed by atoms with Crippen LogP contribution in [0.4, 0.5) is 0 Å². The van der Waals surface area contributed by atoms with Crippen LogP contribution < -0.4 is 19.5 Å². The molecular formula is C15H23NO4. The van der Waals surface area contributed by atoms with Crippen molar-refractivity contribution in [2.45, 2.75) is 32.9 Å². The van der Waals surface area contributed by atoms with E-state index in [1.54, 1.807) is 7.11 Å². The molecular weight excluding hydrogens is 258 g/mol. The molecule has 1 heterocycles. The van der Waals surface area contributed by atoms with Crippen LogP contribution in [0.5, 0.6) is 17.2 Å². The Hall–Kier alpha value is -1.46. The molecule has 2 rings (SSSR count). The quantitative estimate of drug-likeness (QED) is 0.831. The number of rotatable bonds is 7. The third-order valence-corrected chi connectivity index (χ3v) is 3.13. The van der Waals surface area contributed by atoms with Crippen LogP contribution >= 0.6 is 0 Å². The molecule has 1 N–H and O–H groups in total. The summed E-state index contributed by atoms with van der Waals surface area (Å²) in [5.74, 6) is 2.14. The summed E-state index contributed by atoms with van der Waals surface area (Å²) in [6, 6.07) is 3.94. The predicted molar refractivity (Wildman–Crippen MR) is 76.5 cm³/mol. The summed E-state index contributed by atoms with van der Waals surface area (Å²) in [5.41, 5.74) is 0.924. The van der Waals surface area contributed by atoms with Gasteiger partial charge in [-0.3, -0.25) is 0 Å². The summed E-state index contributed by atoms with van der Waals surface area (Å²) >= 11 is 0. The Morgan fingerprint density at radius 3 is 2.80 bits per heavy atom. The number of ether oxygens (including phenoxy) is 4. The molecule has 0 fully saturated rings. The summed E-state index contributed by atoms with van der Waals surface area (Å²) in [4.78, 5) is 0. The van der Waals surface area contributed by atoms with Gasteiger partial charge in [-0.25, -0.2) is 0 Å². The molecule has 0 spiro atoms. The van der Waals surface area contributed by atoms with Crippen molar-refractivity contribution in [1.29, 1.82) is 0 Å². The second kappa shape index (κ2) is 6.33. The Labute approximate surface area is 120 Å². The molecule has 0 bridgehead atoms. The molecule has 1 aromatic rings. The van der Waals surface area contributed by atoms with Crippen molar-refractivity contribution >= 4 is 0 Å². The van der Waals surface area contributed by atoms with E-state index in [0.717, 1.165) is 24.4 Å². The average molecular weight is 281 g/mol. The highest BCUT2D eigenvalue weighted by atomic mass is 16.7. The second-order valence-corrected chi connectivity index (χ2v) is 5.33. The highest BCUT2D eigenvalue weighted by molar-refractivity contribution is 5.55. The zero-order chi connectivity index (χ0) is 14.6. The molecule has 112 valence electrons. The molecule has 0 aromatic heterocycles. The molecule has 0 aliphatic carbocycles. The van der Waals surface area contributed by atoms with E-state index >= 15 is 0 Å². The number of hydrogen-bond donors (Lipinski definition) is 1. The van der Waals surface area contributed by atoms with Gasteiger partial charge in [0.2, 0.25) is 12.5 Å². The van der Waals surface area contributed by atoms with E-state index < -0.39 is 0 Å². The van der Waals surface area contributed by atoms with E-state index in [9.17, 15) is 0 Å². The SMILES string of the molecule is CCOC(C)(C)CNCc1cc(OC)c2c(c1)OCO2. The smallest absolute Gasteiger partial charge is 0.231 e. The molecule has 0 amide bonds. The molecule has 1 aromatic carbocycles. The Bertz CT molecular complexity index is 459. The maximum Gasteiger partial charge on any atom is 0.231 e. The van der Waals surface area contributed by atoms with Crippen LogP contribution in [0.2, 0.25) is 0 Å². The monoisotopic (exact) mass is 281 g/mol. The Morgan fingerprint density at radius 1 is 1.30 bits per heavy atom. The molecule has 0 atom stereocenters. The van der Waals surface area contributed by atoms with Crippen molar-refractivity contribution in [1.82, 2.24) is 5.32 Å². The lowest BCUT2D eigenvalue weighted by atomic mass is 10.1. The van der Waals surface area contributed by atoms with Crippen molar-refractivity contribution in [3.05, 3.63) is 17.7 Å². The summed E-state index contributed by atoms with van der Waals surface area (Å²) in [6.45, 7) is 8.62. The standard InChI is InChI=1S/C15H23NO4/c1-5-20-15(2,3)9-16-8-11-6-12(17-4)14-13(7-11)18-10-19-14/h6-7,16H,5,8-10H2,1-4H3. The molecule has 0 saturated heterocycles. The van der Waals surface area contributed by atoms with Gasteiger partial charge in [0.15, 0.2) is 11.5 Å². The summed E-state index contributed by atoms with van der Waals surface area (Å²) in [5, 5.41) is 3.39. The largest absolute Gasteiger partial charge is 0.493 e. The first-order valence-electron chi connectivity index (χ1n) is 6.87. The first-order valence-corrected chi connectivity index (χ1v) is 6.87. The lowest BCUT2D eigenvalue weighted by molar-refractivity contribution is -0.00897. The minimum atomic E-state index is -0.171. The van der Waals surface area contributed by atoms with Crippen molar-refractivity contribution in [2.75, 3.05) is 27.1 Å². The fourth-order valence-corrected chi connectivity index (χ4v) is 2.24. The van der Waals surface area contributed by atoms with E-state index in [1.807, 2.05) is 19.1 Å². The summed E-state index contributed by atoms with van der Waals surface area (Å²) in [7, 11) is 1.63. The number of methoxy groups -OCH3 is 1. The Kier molecular flexibility index (Phi) is 4.73. The van der Waals surface area contributed by atoms with Gasteiger partial charge in [-0.05, 0) is 38.5 Å². The van der Waals surface area contributed by atoms with Gasteiger partial charge in [0, 0.05) is 19.7 Å². The van der Waals surface area contributed by atoms with Crippen LogP contribution in [-0.4, -0.2) is 32.7 Å². The van der Waals surface area contributed by atoms with E-state index in [2.05, 4.69) is 19.2 Å². The average Bonchev–Trinajstić information content (AvgIpc) is 2.85. The number of benzene rings is 1. The normalized spacial score (nSPS) is 13.6. The number of hydrogen-bond acceptors (Lipinski definition) is 5. The van der Waals surface area contributed by atoms with Crippen molar-refractivity contribution in [3.63, 3.8) is 0 Å². The lowest BCUT2D eigenvalue weighted by Gasteiger charge is -2.25. The van der Waals surface area contributed by atoms with Crippen LogP contribution in [0, 0.1) is 0 Å². The fraction of sp³-hybridized carbons (Fsp3) is 0.600. The van der Waals surface area contributed by atoms with E-state index in [1.165, 1.54) is 0 Å². The minimum Gasteiger partial charge on any atom is -0.493 e. The molecule has 0 radical (unpaired) electrons. The zero-order valence-corrected chi connectivity index (χ0v) is 12.6. The maximum absolute atomic E-state index is 5.65. The van der Waals surface area contributed by atoms with Crippen LogP contribution in [0.25, 0.3) is 0 Å². The van der Waals surface area contributed by atoms with Gasteiger partial charge in [-0.1, -0.05) is 0 Å². The first kappa shape index (κ1) is 14.9. The number of nitrogens with one attached hydrogen (secondary N) is 1. The molecule has 1 aliphatic heterocycles. The molecule has 0 unspecified atom stereocenters. The van der Waals surface area contributed by atoms with Gasteiger partial charge >= 0.3 is 0 Å². The van der Waals surface area contributed by atoms with Gasteiger partial charge in [0.1, 0.15) is 0 Å². The maximum atomic E-state index is 5.65. The molecule has 5 nitrogen and oxygen atoms in total. The molecule has 1 aliphatic rings. The van der Waals surface area contributed by atoms with Crippen LogP contribution in [0.15, 0.2) is 12.1 Å². The van der Waals surface area contributed by atoms with E-state index in [4.69, 9.17) is 18.9 Å². The predicted octanol–water partition coefficient (Wildman–Crippen LogP) is 2.33. The molecule has 0 saturated carbocycles. The van der Waals surface area contributed by atoms with Gasteiger partial charge in [-0.15, -0.1) is 0 Å². The number of fused-ring (bicyclic) bond motifs is 1. The lowest BCUT2D eigenvalue weighted by Crippen LogP contribution is -2.37. The summed E-state index contributed by atoms with van der Waals surface area (Å²) < 4.78 is 21.8. The Balaban J connectivity index is 1.97. The molecule has 20 heavy (non-hydrogen) atoms. The van der Waals surface area contributed by atoms with Gasteiger partial charge in [0.25, 0.3) is 0 Å². The summed E-state index contributed by atoms with van der Waals surface area (Å²) in [6.07, 6.45) is 0. The van der Waals surface area contributed by atoms with Gasteiger partial charge < -0.3 is 24.3 Å². The van der Waals surface area contributed by atoms with Crippen LogP contribution in [0.1, 0.15) is 26.3 Å². The van der Waals surface area contributed by atoms with E-state index in [0.29, 0.717) is 18.1 Å². The van der Waals surface area contributed by atoms with Crippen LogP contribution in [0.3, 0.4) is 0 Å². The van der Waals surface area contributed by atoms with Crippen molar-refractivity contribution in [2.24, 2.45) is 0 Å². The van der Waals surface area contributed by atoms with Gasteiger partial charge in [-0.2, -0.15) is 0 Å². The highest BCUT2D eigenvalue weighted by Gasteiger charge is 2.21. The van der Waals surface area contributed by atoms with Crippen LogP contribution in [-0.2, 0) is 11.3 Å². The third-order valence-electron chi connectivity index (χ3n) is 3.13. The zero-order valence-electron chi connectivity index (χ0n) is 12.6. The van der Waals surface area contributed by atoms with Crippen molar-refractivity contribution in [3.8, 4) is 17.2 Å². The Morgan fingerprint density at radius 2 is 2.10 bits per heavy atom. The first-order chi connectivity index (χ1) is 9.55. The fourth-order valence-electron chi connectivity index (χ4n) is 2.24. The second-order valence-electron chi connectivity index (χ2n) is 5.33. The van der Waals surface area contributed by atoms with Gasteiger partial charge in [0.05, 0.1) is 12.7 Å². The molecule has 5 heteroatoms. The minimum absolute atomic E-state index is 0.171. The third kappa shape index (κ3) is 3.55. The highest BCUT2D eigenvalue weighted by Crippen LogP contribution is 2.41.